The molecule has 0 radical (unpaired) electrons. The molecule has 0 spiro atoms. The highest BCUT2D eigenvalue weighted by molar-refractivity contribution is 5.90. The number of nitrogens with zero attached hydrogens (tertiary/aromatic N) is 4. The summed E-state index contributed by atoms with van der Waals surface area (Å²) in [5, 5.41) is 13.4. The van der Waals surface area contributed by atoms with E-state index in [-0.39, 0.29) is 6.61 Å². The van der Waals surface area contributed by atoms with E-state index >= 15 is 0 Å². The predicted molar refractivity (Wildman–Crippen MR) is 101 cm³/mol. The number of fused-ring (bicyclic) bond motifs is 1. The first kappa shape index (κ1) is 16.5. The van der Waals surface area contributed by atoms with Gasteiger partial charge in [0.15, 0.2) is 0 Å². The van der Waals surface area contributed by atoms with Gasteiger partial charge in [0.05, 0.1) is 12.1 Å². The van der Waals surface area contributed by atoms with E-state index in [9.17, 15) is 0 Å². The van der Waals surface area contributed by atoms with Gasteiger partial charge in [-0.2, -0.15) is 4.98 Å². The van der Waals surface area contributed by atoms with Crippen LogP contribution in [0.25, 0.3) is 10.9 Å². The van der Waals surface area contributed by atoms with Crippen LogP contribution in [0.2, 0.25) is 0 Å². The number of aliphatic hydroxyl groups is 1. The summed E-state index contributed by atoms with van der Waals surface area (Å²) in [4.78, 5) is 14.5. The Hall–Kier alpha value is -1.92. The molecule has 0 bridgehead atoms. The summed E-state index contributed by atoms with van der Waals surface area (Å²) in [6.45, 7) is 6.38. The van der Waals surface area contributed by atoms with Crippen molar-refractivity contribution < 1.29 is 5.11 Å². The zero-order chi connectivity index (χ0) is 17.1. The number of aliphatic hydroxyl groups excluding tert-OH is 1. The van der Waals surface area contributed by atoms with Crippen LogP contribution >= 0.6 is 0 Å². The lowest BCUT2D eigenvalue weighted by molar-refractivity contribution is 0.289. The maximum Gasteiger partial charge on any atom is 0.227 e. The van der Waals surface area contributed by atoms with Crippen molar-refractivity contribution in [3.05, 3.63) is 24.3 Å². The van der Waals surface area contributed by atoms with Crippen molar-refractivity contribution in [1.82, 2.24) is 14.9 Å². The molecule has 134 valence electrons. The van der Waals surface area contributed by atoms with Crippen molar-refractivity contribution in [2.75, 3.05) is 56.1 Å². The van der Waals surface area contributed by atoms with Crippen molar-refractivity contribution in [3.63, 3.8) is 0 Å². The quantitative estimate of drug-likeness (QED) is 0.837. The van der Waals surface area contributed by atoms with Crippen molar-refractivity contribution in [2.24, 2.45) is 5.92 Å². The zero-order valence-corrected chi connectivity index (χ0v) is 14.7. The van der Waals surface area contributed by atoms with Gasteiger partial charge < -0.3 is 20.2 Å². The molecule has 6 nitrogen and oxygen atoms in total. The molecule has 25 heavy (non-hydrogen) atoms. The Labute approximate surface area is 148 Å². The predicted octanol–water partition coefficient (Wildman–Crippen LogP) is 1.96. The van der Waals surface area contributed by atoms with E-state index < -0.39 is 0 Å². The fourth-order valence-electron chi connectivity index (χ4n) is 4.01. The van der Waals surface area contributed by atoms with Crippen LogP contribution < -0.4 is 10.2 Å². The molecule has 1 atom stereocenters. The van der Waals surface area contributed by atoms with Crippen molar-refractivity contribution in [1.29, 1.82) is 0 Å². The van der Waals surface area contributed by atoms with E-state index in [2.05, 4.69) is 15.1 Å². The Balaban J connectivity index is 1.52. The standard InChI is InChI=1S/C19H27N5O/c25-12-8-20-18-16-5-1-2-6-17(16)21-19(22-18)24-11-7-15(14-24)13-23-9-3-4-10-23/h1-2,5-6,15,25H,3-4,7-14H2,(H,20,21,22). The van der Waals surface area contributed by atoms with Gasteiger partial charge in [0.2, 0.25) is 5.95 Å². The van der Waals surface area contributed by atoms with Gasteiger partial charge in [-0.25, -0.2) is 4.98 Å². The molecule has 2 aromatic rings. The molecule has 1 unspecified atom stereocenters. The monoisotopic (exact) mass is 341 g/mol. The first-order valence-corrected chi connectivity index (χ1v) is 9.42. The maximum absolute atomic E-state index is 9.13. The topological polar surface area (TPSA) is 64.5 Å². The van der Waals surface area contributed by atoms with Gasteiger partial charge in [-0.05, 0) is 50.4 Å². The highest BCUT2D eigenvalue weighted by atomic mass is 16.3. The van der Waals surface area contributed by atoms with Gasteiger partial charge in [-0.3, -0.25) is 0 Å². The van der Waals surface area contributed by atoms with Crippen LogP contribution in [0.4, 0.5) is 11.8 Å². The Morgan fingerprint density at radius 2 is 1.96 bits per heavy atom. The SMILES string of the molecule is OCCNc1nc(N2CCC(CN3CCCC3)C2)nc2ccccc12. The second-order valence-electron chi connectivity index (χ2n) is 7.15. The number of benzene rings is 1. The van der Waals surface area contributed by atoms with Crippen LogP contribution in [0, 0.1) is 5.92 Å². The second-order valence-corrected chi connectivity index (χ2v) is 7.15. The minimum atomic E-state index is 0.0925. The Morgan fingerprint density at radius 1 is 1.12 bits per heavy atom. The Morgan fingerprint density at radius 3 is 2.80 bits per heavy atom. The average Bonchev–Trinajstić information content (AvgIpc) is 3.32. The van der Waals surface area contributed by atoms with Crippen molar-refractivity contribution >= 4 is 22.7 Å². The largest absolute Gasteiger partial charge is 0.395 e. The summed E-state index contributed by atoms with van der Waals surface area (Å²) in [5.74, 6) is 2.34. The number of hydrogen-bond acceptors (Lipinski definition) is 6. The third-order valence-corrected chi connectivity index (χ3v) is 5.28. The molecule has 2 N–H and O–H groups in total. The fraction of sp³-hybridized carbons (Fsp3) is 0.579. The van der Waals surface area contributed by atoms with Crippen LogP contribution in [0.15, 0.2) is 24.3 Å². The van der Waals surface area contributed by atoms with E-state index in [4.69, 9.17) is 15.1 Å². The van der Waals surface area contributed by atoms with Crippen LogP contribution in [0.1, 0.15) is 19.3 Å². The van der Waals surface area contributed by atoms with E-state index in [0.717, 1.165) is 35.8 Å². The number of para-hydroxylation sites is 1. The summed E-state index contributed by atoms with van der Waals surface area (Å²) < 4.78 is 0. The number of hydrogen-bond donors (Lipinski definition) is 2. The molecule has 2 aliphatic heterocycles. The number of nitrogens with one attached hydrogen (secondary N) is 1. The molecule has 4 rings (SSSR count). The van der Waals surface area contributed by atoms with E-state index in [1.54, 1.807) is 0 Å². The molecule has 0 saturated carbocycles. The molecule has 2 fully saturated rings. The fourth-order valence-corrected chi connectivity index (χ4v) is 4.01. The number of likely N-dealkylation sites (tertiary alicyclic amines) is 1. The average molecular weight is 341 g/mol. The lowest BCUT2D eigenvalue weighted by Crippen LogP contribution is -2.29. The summed E-state index contributed by atoms with van der Waals surface area (Å²) >= 11 is 0. The molecule has 0 amide bonds. The van der Waals surface area contributed by atoms with Gasteiger partial charge in [-0.15, -0.1) is 0 Å². The van der Waals surface area contributed by atoms with Crippen LogP contribution in [0.3, 0.4) is 0 Å². The molecule has 2 saturated heterocycles. The molecule has 1 aromatic carbocycles. The number of anilines is 2. The van der Waals surface area contributed by atoms with Gasteiger partial charge in [-0.1, -0.05) is 12.1 Å². The zero-order valence-electron chi connectivity index (χ0n) is 14.7. The van der Waals surface area contributed by atoms with E-state index in [0.29, 0.717) is 12.5 Å². The highest BCUT2D eigenvalue weighted by Gasteiger charge is 2.27. The van der Waals surface area contributed by atoms with E-state index in [1.165, 1.54) is 38.9 Å². The highest BCUT2D eigenvalue weighted by Crippen LogP contribution is 2.27. The molecule has 6 heteroatoms. The minimum absolute atomic E-state index is 0.0925. The van der Waals surface area contributed by atoms with E-state index in [1.807, 2.05) is 24.3 Å². The van der Waals surface area contributed by atoms with Gasteiger partial charge >= 0.3 is 0 Å². The van der Waals surface area contributed by atoms with Crippen LogP contribution in [-0.4, -0.2) is 65.8 Å². The molecule has 3 heterocycles. The lowest BCUT2D eigenvalue weighted by atomic mass is 10.1. The normalized spacial score (nSPS) is 21.3. The first-order valence-electron chi connectivity index (χ1n) is 9.42. The molecular formula is C19H27N5O. The lowest BCUT2D eigenvalue weighted by Gasteiger charge is -2.21. The summed E-state index contributed by atoms with van der Waals surface area (Å²) in [6, 6.07) is 8.06. The third kappa shape index (κ3) is 3.70. The minimum Gasteiger partial charge on any atom is -0.395 e. The van der Waals surface area contributed by atoms with Gasteiger partial charge in [0.1, 0.15) is 5.82 Å². The van der Waals surface area contributed by atoms with Crippen LogP contribution in [-0.2, 0) is 0 Å². The first-order chi connectivity index (χ1) is 12.3. The number of aromatic nitrogens is 2. The molecular weight excluding hydrogens is 314 g/mol. The number of rotatable bonds is 6. The van der Waals surface area contributed by atoms with Crippen molar-refractivity contribution in [3.8, 4) is 0 Å². The summed E-state index contributed by atoms with van der Waals surface area (Å²) in [6.07, 6.45) is 3.92. The summed E-state index contributed by atoms with van der Waals surface area (Å²) in [5.41, 5.74) is 0.955. The smallest absolute Gasteiger partial charge is 0.227 e. The Bertz CT molecular complexity index is 716. The maximum atomic E-state index is 9.13. The molecule has 1 aromatic heterocycles. The summed E-state index contributed by atoms with van der Waals surface area (Å²) in [7, 11) is 0. The van der Waals surface area contributed by atoms with Crippen molar-refractivity contribution in [2.45, 2.75) is 19.3 Å². The molecule has 0 aliphatic carbocycles. The van der Waals surface area contributed by atoms with Gasteiger partial charge in [0.25, 0.3) is 0 Å². The second kappa shape index (κ2) is 7.54. The van der Waals surface area contributed by atoms with Crippen LogP contribution in [0.5, 0.6) is 0 Å². The third-order valence-electron chi connectivity index (χ3n) is 5.28. The Kier molecular flexibility index (Phi) is 4.99. The molecule has 2 aliphatic rings. The van der Waals surface area contributed by atoms with Gasteiger partial charge in [0, 0.05) is 31.6 Å².